The van der Waals surface area contributed by atoms with Gasteiger partial charge in [0.15, 0.2) is 11.6 Å². The van der Waals surface area contributed by atoms with Crippen LogP contribution in [0.2, 0.25) is 0 Å². The first kappa shape index (κ1) is 74.1. The van der Waals surface area contributed by atoms with E-state index in [9.17, 15) is 0 Å². The number of fused-ring (bicyclic) bond motifs is 10. The van der Waals surface area contributed by atoms with Crippen molar-refractivity contribution in [2.75, 3.05) is 0 Å². The fourth-order valence-electron chi connectivity index (χ4n) is 18.7. The molecule has 126 heavy (non-hydrogen) atoms. The molecule has 6 heterocycles. The summed E-state index contributed by atoms with van der Waals surface area (Å²) < 4.78 is 4.63. The molecule has 0 saturated heterocycles. The van der Waals surface area contributed by atoms with E-state index >= 15 is 0 Å². The first-order chi connectivity index (χ1) is 62.5. The molecule has 0 aliphatic carbocycles. The third-order valence-electron chi connectivity index (χ3n) is 24.6. The maximum Gasteiger partial charge on any atom is 0.160 e. The van der Waals surface area contributed by atoms with Crippen molar-refractivity contribution in [1.82, 2.24) is 39.0 Å². The van der Waals surface area contributed by atoms with Gasteiger partial charge < -0.3 is 9.13 Å². The topological polar surface area (TPSA) is 87.2 Å². The molecule has 588 valence electrons. The second-order valence-corrected chi connectivity index (χ2v) is 32.0. The van der Waals surface area contributed by atoms with Crippen molar-refractivity contribution in [3.8, 4) is 146 Å². The zero-order valence-corrected chi connectivity index (χ0v) is 68.5. The summed E-state index contributed by atoms with van der Waals surface area (Å²) in [6.07, 6.45) is 7.68. The number of nitrogens with zero attached hydrogens (tertiary/aromatic N) is 8. The third kappa shape index (κ3) is 13.5. The highest BCUT2D eigenvalue weighted by atomic mass is 15.0. The molecule has 24 aromatic rings. The molecule has 0 spiro atoms. The summed E-state index contributed by atoms with van der Waals surface area (Å²) in [5.74, 6) is 1.36. The van der Waals surface area contributed by atoms with Gasteiger partial charge >= 0.3 is 0 Å². The van der Waals surface area contributed by atoms with Gasteiger partial charge in [0.2, 0.25) is 0 Å². The fourth-order valence-corrected chi connectivity index (χ4v) is 18.7. The molecular formula is C118H76N8. The van der Waals surface area contributed by atoms with Gasteiger partial charge in [0, 0.05) is 91.1 Å². The fraction of sp³-hybridized carbons (Fsp3) is 0. The van der Waals surface area contributed by atoms with E-state index in [4.69, 9.17) is 19.9 Å². The number of benzene rings is 18. The molecule has 8 nitrogen and oxygen atoms in total. The smallest absolute Gasteiger partial charge is 0.160 e. The Kier molecular flexibility index (Phi) is 18.8. The number of para-hydroxylation sites is 2. The summed E-state index contributed by atoms with van der Waals surface area (Å²) in [5.41, 5.74) is 30.5. The number of aromatic nitrogens is 8. The number of pyridine rings is 2. The van der Waals surface area contributed by atoms with Gasteiger partial charge in [0.1, 0.15) is 0 Å². The molecule has 8 heteroatoms. The maximum absolute atomic E-state index is 5.39. The minimum atomic E-state index is 0.672. The predicted octanol–water partition coefficient (Wildman–Crippen LogP) is 30.6. The van der Waals surface area contributed by atoms with Gasteiger partial charge in [-0.05, 0) is 195 Å². The van der Waals surface area contributed by atoms with Gasteiger partial charge in [0.05, 0.1) is 44.8 Å². The summed E-state index contributed by atoms with van der Waals surface area (Å²) in [4.78, 5) is 30.1. The molecule has 0 aliphatic heterocycles. The highest BCUT2D eigenvalue weighted by Crippen LogP contribution is 2.48. The van der Waals surface area contributed by atoms with E-state index in [1.807, 2.05) is 36.9 Å². The molecular weight excluding hydrogens is 1530 g/mol. The first-order valence-corrected chi connectivity index (χ1v) is 42.7. The van der Waals surface area contributed by atoms with Crippen LogP contribution >= 0.6 is 0 Å². The zero-order chi connectivity index (χ0) is 83.4. The van der Waals surface area contributed by atoms with Crippen LogP contribution < -0.4 is 0 Å². The summed E-state index contributed by atoms with van der Waals surface area (Å²) >= 11 is 0. The third-order valence-corrected chi connectivity index (χ3v) is 24.6. The predicted molar refractivity (Wildman–Crippen MR) is 524 cm³/mol. The van der Waals surface area contributed by atoms with Crippen LogP contribution in [-0.4, -0.2) is 39.0 Å². The van der Waals surface area contributed by atoms with Crippen molar-refractivity contribution in [1.29, 1.82) is 0 Å². The van der Waals surface area contributed by atoms with Gasteiger partial charge in [-0.1, -0.05) is 352 Å². The van der Waals surface area contributed by atoms with E-state index in [0.29, 0.717) is 11.6 Å². The lowest BCUT2D eigenvalue weighted by atomic mass is 9.85. The lowest BCUT2D eigenvalue weighted by Crippen LogP contribution is -1.97. The molecule has 0 N–H and O–H groups in total. The monoisotopic (exact) mass is 1600 g/mol. The van der Waals surface area contributed by atoms with Crippen LogP contribution in [0.5, 0.6) is 0 Å². The molecule has 6 aromatic heterocycles. The van der Waals surface area contributed by atoms with Crippen LogP contribution in [0.25, 0.3) is 233 Å². The van der Waals surface area contributed by atoms with Crippen molar-refractivity contribution in [2.24, 2.45) is 0 Å². The Bertz CT molecular complexity index is 8210. The maximum atomic E-state index is 5.39. The number of rotatable bonds is 14. The average molecular weight is 1610 g/mol. The molecule has 0 unspecified atom stereocenters. The largest absolute Gasteiger partial charge is 0.309 e. The Morgan fingerprint density at radius 3 is 0.849 bits per heavy atom. The lowest BCUT2D eigenvalue weighted by molar-refractivity contribution is 1.17. The molecule has 0 bridgehead atoms. The van der Waals surface area contributed by atoms with Crippen molar-refractivity contribution in [2.45, 2.75) is 0 Å². The van der Waals surface area contributed by atoms with E-state index in [1.165, 1.54) is 87.4 Å². The highest BCUT2D eigenvalue weighted by molar-refractivity contribution is 6.23. The molecule has 0 saturated carbocycles. The van der Waals surface area contributed by atoms with Gasteiger partial charge in [-0.2, -0.15) is 0 Å². The van der Waals surface area contributed by atoms with Crippen LogP contribution in [0.15, 0.2) is 462 Å². The standard InChI is InChI=1S/2C59H38N4/c1-5-16-39(17-6-1)53-37-54(44-28-30-49-51(36-44)58(41-20-9-3-10-21-41)48-27-14-13-26-47(48)57(49)40-18-7-2-8-19-40)62-59(61-53)45-23-15-22-42(34-45)43-29-31-55-50(35-43)52-38-60-33-32-56(52)63(55)46-24-11-4-12-25-46;1-4-14-40(15-5-1)53-37-54(41-26-28-43(29-27-41)58-49-22-12-10-20-47(49)57(42-16-6-2-7-17-42)48-21-11-13-23-50(48)58)62-59(61-53)44-30-24-39(25-31-44)45-32-33-55-51(36-45)52-38-60-35-34-56(52)63(55)46-18-8-3-9-19-46/h2*1-38H. The molecule has 0 aliphatic rings. The number of hydrogen-bond donors (Lipinski definition) is 0. The molecule has 0 fully saturated rings. The number of hydrogen-bond acceptors (Lipinski definition) is 6. The first-order valence-electron chi connectivity index (χ1n) is 42.7. The van der Waals surface area contributed by atoms with E-state index in [-0.39, 0.29) is 0 Å². The molecule has 24 rings (SSSR count). The van der Waals surface area contributed by atoms with Gasteiger partial charge in [0.25, 0.3) is 0 Å². The zero-order valence-electron chi connectivity index (χ0n) is 68.5. The molecule has 0 radical (unpaired) electrons. The van der Waals surface area contributed by atoms with Crippen molar-refractivity contribution in [3.63, 3.8) is 0 Å². The summed E-state index contributed by atoms with van der Waals surface area (Å²) in [7, 11) is 0. The minimum Gasteiger partial charge on any atom is -0.309 e. The summed E-state index contributed by atoms with van der Waals surface area (Å²) in [5, 5.41) is 14.4. The van der Waals surface area contributed by atoms with E-state index < -0.39 is 0 Å². The second-order valence-electron chi connectivity index (χ2n) is 32.0. The average Bonchev–Trinajstić information content (AvgIpc) is 1.12. The van der Waals surface area contributed by atoms with Gasteiger partial charge in [-0.25, -0.2) is 19.9 Å². The normalized spacial score (nSPS) is 11.5. The van der Waals surface area contributed by atoms with Gasteiger partial charge in [-0.15, -0.1) is 0 Å². The van der Waals surface area contributed by atoms with E-state index in [1.54, 1.807) is 0 Å². The Labute approximate surface area is 728 Å². The summed E-state index contributed by atoms with van der Waals surface area (Å²) in [6.45, 7) is 0. The van der Waals surface area contributed by atoms with Crippen molar-refractivity contribution >= 4 is 86.7 Å². The van der Waals surface area contributed by atoms with Crippen molar-refractivity contribution in [3.05, 3.63) is 462 Å². The Morgan fingerprint density at radius 2 is 0.421 bits per heavy atom. The molecule has 18 aromatic carbocycles. The summed E-state index contributed by atoms with van der Waals surface area (Å²) in [6, 6.07) is 155. The van der Waals surface area contributed by atoms with Crippen LogP contribution in [-0.2, 0) is 0 Å². The lowest BCUT2D eigenvalue weighted by Gasteiger charge is -2.19. The molecule has 0 atom stereocenters. The quantitative estimate of drug-likeness (QED) is 0.101. The highest BCUT2D eigenvalue weighted by Gasteiger charge is 2.24. The van der Waals surface area contributed by atoms with Crippen LogP contribution in [0.1, 0.15) is 0 Å². The minimum absolute atomic E-state index is 0.672. The van der Waals surface area contributed by atoms with E-state index in [0.717, 1.165) is 134 Å². The molecule has 0 amide bonds. The van der Waals surface area contributed by atoms with Crippen LogP contribution in [0, 0.1) is 0 Å². The SMILES string of the molecule is c1ccc(-c2cc(-c3ccc(-c4c5ccccc5c(-c5ccccc5)c5ccccc45)cc3)nc(-c3ccc(-c4ccc5c(c4)c4cnccc4n5-c4ccccc4)cc3)n2)cc1.c1ccc(-c2cc(-c3ccc4c(-c5ccccc5)c5ccccc5c(-c5ccccc5)c4c3)nc(-c3cccc(-c4ccc5c(c4)c4cnccc4n5-c4ccccc4)c3)n2)cc1. The van der Waals surface area contributed by atoms with Gasteiger partial charge in [-0.3, -0.25) is 9.97 Å². The Morgan fingerprint density at radius 1 is 0.151 bits per heavy atom. The second kappa shape index (κ2) is 31.9. The Hall–Kier alpha value is -16.9. The van der Waals surface area contributed by atoms with Crippen molar-refractivity contribution < 1.29 is 0 Å². The van der Waals surface area contributed by atoms with E-state index in [2.05, 4.69) is 444 Å². The van der Waals surface area contributed by atoms with Crippen LogP contribution in [0.4, 0.5) is 0 Å². The Balaban J connectivity index is 0.000000145. The van der Waals surface area contributed by atoms with Crippen LogP contribution in [0.3, 0.4) is 0 Å².